The maximum absolute atomic E-state index is 6.14. The van der Waals surface area contributed by atoms with Crippen LogP contribution in [0.5, 0.6) is 0 Å². The number of halogens is 2. The van der Waals surface area contributed by atoms with Crippen molar-refractivity contribution in [2.75, 3.05) is 23.0 Å². The molecular weight excluding hydrogens is 334 g/mol. The van der Waals surface area contributed by atoms with Crippen LogP contribution in [0.4, 0.5) is 0 Å². The van der Waals surface area contributed by atoms with Gasteiger partial charge in [-0.1, -0.05) is 0 Å². The van der Waals surface area contributed by atoms with E-state index in [2.05, 4.69) is 0 Å². The van der Waals surface area contributed by atoms with E-state index < -0.39 is 13.4 Å². The fourth-order valence-electron chi connectivity index (χ4n) is 0.583. The molecule has 0 aromatic carbocycles. The molecule has 0 aromatic heterocycles. The van der Waals surface area contributed by atoms with Crippen molar-refractivity contribution < 1.29 is 0 Å². The van der Waals surface area contributed by atoms with Gasteiger partial charge in [-0.25, -0.2) is 0 Å². The van der Waals surface area contributed by atoms with Gasteiger partial charge in [0, 0.05) is 0 Å². The molecular formula is C4H8Cl2S3Sn. The Morgan fingerprint density at radius 3 is 1.90 bits per heavy atom. The Hall–Kier alpha value is 2.43. The van der Waals surface area contributed by atoms with Gasteiger partial charge in [0.1, 0.15) is 0 Å². The van der Waals surface area contributed by atoms with Crippen LogP contribution in [0, 0.1) is 0 Å². The number of thioether (sulfide) groups is 1. The second-order valence-electron chi connectivity index (χ2n) is 1.77. The van der Waals surface area contributed by atoms with E-state index in [-0.39, 0.29) is 0 Å². The van der Waals surface area contributed by atoms with Crippen LogP contribution in [-0.4, -0.2) is 36.4 Å². The normalized spacial score (nSPS) is 27.0. The summed E-state index contributed by atoms with van der Waals surface area (Å²) < 4.78 is 0. The van der Waals surface area contributed by atoms with Crippen LogP contribution < -0.4 is 0 Å². The Kier molecular flexibility index (Phi) is 5.49. The van der Waals surface area contributed by atoms with Gasteiger partial charge in [0.15, 0.2) is 0 Å². The monoisotopic (exact) mass is 342 g/mol. The summed E-state index contributed by atoms with van der Waals surface area (Å²) in [6.07, 6.45) is 0. The molecule has 1 saturated heterocycles. The zero-order valence-electron chi connectivity index (χ0n) is 5.31. The van der Waals surface area contributed by atoms with Crippen LogP contribution in [0.15, 0.2) is 0 Å². The first-order valence-corrected chi connectivity index (χ1v) is 20.3. The van der Waals surface area contributed by atoms with Gasteiger partial charge < -0.3 is 0 Å². The third-order valence-corrected chi connectivity index (χ3v) is 26.8. The summed E-state index contributed by atoms with van der Waals surface area (Å²) in [4.78, 5) is 0. The second-order valence-corrected chi connectivity index (χ2v) is 36.8. The summed E-state index contributed by atoms with van der Waals surface area (Å²) in [6.45, 7) is 0. The molecule has 0 aromatic rings. The molecule has 1 rings (SSSR count). The average molecular weight is 342 g/mol. The Morgan fingerprint density at radius 1 is 0.900 bits per heavy atom. The summed E-state index contributed by atoms with van der Waals surface area (Å²) in [5.74, 6) is 4.76. The van der Waals surface area contributed by atoms with Crippen LogP contribution in [-0.2, 0) is 0 Å². The third-order valence-electron chi connectivity index (χ3n) is 0.996. The Morgan fingerprint density at radius 2 is 1.40 bits per heavy atom. The molecule has 1 aliphatic heterocycles. The van der Waals surface area contributed by atoms with Gasteiger partial charge in [-0.15, -0.1) is 0 Å². The number of hydrogen-bond donors (Lipinski definition) is 0. The van der Waals surface area contributed by atoms with Gasteiger partial charge in [-0.2, -0.15) is 0 Å². The maximum atomic E-state index is 6.14. The van der Waals surface area contributed by atoms with E-state index in [4.69, 9.17) is 17.8 Å². The predicted molar refractivity (Wildman–Crippen MR) is 59.7 cm³/mol. The van der Waals surface area contributed by atoms with E-state index in [1.807, 2.05) is 29.7 Å². The molecule has 0 amide bonds. The van der Waals surface area contributed by atoms with Crippen molar-refractivity contribution in [2.45, 2.75) is 0 Å². The molecule has 0 atom stereocenters. The Balaban J connectivity index is 2.30. The predicted octanol–water partition coefficient (Wildman–Crippen LogP) is 3.11. The average Bonchev–Trinajstić information content (AvgIpc) is 1.81. The third kappa shape index (κ3) is 4.45. The van der Waals surface area contributed by atoms with E-state index >= 15 is 0 Å². The summed E-state index contributed by atoms with van der Waals surface area (Å²) in [5, 5.41) is 0. The minimum atomic E-state index is -2.59. The first-order chi connectivity index (χ1) is 4.71. The SMILES string of the molecule is [Cl][Sn]1([Cl])[S]CCSCC[S]1. The molecule has 1 heterocycles. The standard InChI is InChI=1S/C4H10S3.2ClH.Sn/c5-1-3-7-4-2-6;;;/h5-6H,1-4H2;2*1H;/q;;;+4/p-4. The van der Waals surface area contributed by atoms with Gasteiger partial charge in [0.25, 0.3) is 0 Å². The van der Waals surface area contributed by atoms with Crippen molar-refractivity contribution in [3.8, 4) is 0 Å². The topological polar surface area (TPSA) is 0 Å². The summed E-state index contributed by atoms with van der Waals surface area (Å²) >= 11 is -0.583. The van der Waals surface area contributed by atoms with Gasteiger partial charge in [-0.05, 0) is 0 Å². The molecule has 0 radical (unpaired) electrons. The van der Waals surface area contributed by atoms with Crippen molar-refractivity contribution in [1.82, 2.24) is 0 Å². The first kappa shape index (κ1) is 10.5. The molecule has 0 bridgehead atoms. The fraction of sp³-hybridized carbons (Fsp3) is 1.00. The first-order valence-electron chi connectivity index (χ1n) is 2.94. The van der Waals surface area contributed by atoms with Crippen molar-refractivity contribution in [3.63, 3.8) is 0 Å². The molecule has 1 aliphatic rings. The Bertz CT molecular complexity index is 101. The van der Waals surface area contributed by atoms with E-state index in [1.165, 1.54) is 11.5 Å². The van der Waals surface area contributed by atoms with Crippen LogP contribution in [0.3, 0.4) is 0 Å². The van der Waals surface area contributed by atoms with Crippen LogP contribution in [0.2, 0.25) is 0 Å². The molecule has 0 spiro atoms. The number of rotatable bonds is 0. The van der Waals surface area contributed by atoms with Crippen molar-refractivity contribution in [3.05, 3.63) is 0 Å². The molecule has 0 aliphatic carbocycles. The van der Waals surface area contributed by atoms with Crippen LogP contribution in [0.1, 0.15) is 0 Å². The van der Waals surface area contributed by atoms with Gasteiger partial charge in [0.2, 0.25) is 0 Å². The molecule has 6 heteroatoms. The summed E-state index contributed by atoms with van der Waals surface area (Å²) in [5.41, 5.74) is 0. The number of hydrogen-bond acceptors (Lipinski definition) is 3. The zero-order valence-corrected chi connectivity index (χ0v) is 12.1. The Labute approximate surface area is 82.8 Å². The molecule has 0 saturated carbocycles. The van der Waals surface area contributed by atoms with Crippen molar-refractivity contribution >= 4 is 60.9 Å². The molecule has 0 N–H and O–H groups in total. The molecule has 0 nitrogen and oxygen atoms in total. The van der Waals surface area contributed by atoms with Gasteiger partial charge in [0.05, 0.1) is 0 Å². The van der Waals surface area contributed by atoms with Crippen LogP contribution in [0.25, 0.3) is 0 Å². The molecule has 1 fully saturated rings. The molecule has 60 valence electrons. The quantitative estimate of drug-likeness (QED) is 0.621. The van der Waals surface area contributed by atoms with E-state index in [0.29, 0.717) is 0 Å². The van der Waals surface area contributed by atoms with Crippen molar-refractivity contribution in [1.29, 1.82) is 0 Å². The van der Waals surface area contributed by atoms with E-state index in [1.54, 1.807) is 0 Å². The summed E-state index contributed by atoms with van der Waals surface area (Å²) in [6, 6.07) is 0. The van der Waals surface area contributed by atoms with Gasteiger partial charge >= 0.3 is 83.9 Å². The minimum absolute atomic E-state index is 1.15. The zero-order chi connectivity index (χ0) is 7.45. The van der Waals surface area contributed by atoms with Crippen LogP contribution >= 0.6 is 47.5 Å². The van der Waals surface area contributed by atoms with Gasteiger partial charge in [-0.3, -0.25) is 0 Å². The van der Waals surface area contributed by atoms with Crippen molar-refractivity contribution in [2.24, 2.45) is 0 Å². The summed E-state index contributed by atoms with van der Waals surface area (Å²) in [7, 11) is 16.0. The molecule has 0 unspecified atom stereocenters. The molecule has 10 heavy (non-hydrogen) atoms. The van der Waals surface area contributed by atoms with E-state index in [9.17, 15) is 0 Å². The van der Waals surface area contributed by atoms with E-state index in [0.717, 1.165) is 11.5 Å². The second kappa shape index (κ2) is 5.22. The fourth-order valence-corrected chi connectivity index (χ4v) is 23.3.